The molecule has 2 aromatic carbocycles. The van der Waals surface area contributed by atoms with Gasteiger partial charge in [0.15, 0.2) is 0 Å². The third-order valence-electron chi connectivity index (χ3n) is 2.76. The summed E-state index contributed by atoms with van der Waals surface area (Å²) in [5.41, 5.74) is 1.70. The maximum absolute atomic E-state index is 9.42. The Hall–Kier alpha value is -1.22. The molecule has 0 bridgehead atoms. The van der Waals surface area contributed by atoms with Gasteiger partial charge in [0, 0.05) is 15.6 Å². The SMILES string of the molecule is CC(O)c1ccc(OCc2cc(Cl)ccc2Cl)cc1. The van der Waals surface area contributed by atoms with Crippen molar-refractivity contribution in [3.05, 3.63) is 63.6 Å². The molecule has 0 heterocycles. The molecule has 0 radical (unpaired) electrons. The maximum atomic E-state index is 9.42. The van der Waals surface area contributed by atoms with E-state index in [4.69, 9.17) is 27.9 Å². The molecule has 0 amide bonds. The van der Waals surface area contributed by atoms with Crippen LogP contribution in [0.2, 0.25) is 10.0 Å². The van der Waals surface area contributed by atoms with Crippen molar-refractivity contribution < 1.29 is 9.84 Å². The van der Waals surface area contributed by atoms with Gasteiger partial charge in [0.2, 0.25) is 0 Å². The summed E-state index contributed by atoms with van der Waals surface area (Å²) >= 11 is 12.0. The molecule has 1 unspecified atom stereocenters. The summed E-state index contributed by atoms with van der Waals surface area (Å²) < 4.78 is 5.64. The van der Waals surface area contributed by atoms with Gasteiger partial charge >= 0.3 is 0 Å². The van der Waals surface area contributed by atoms with E-state index < -0.39 is 6.10 Å². The van der Waals surface area contributed by atoms with E-state index in [0.29, 0.717) is 16.7 Å². The third-order valence-corrected chi connectivity index (χ3v) is 3.37. The fraction of sp³-hybridized carbons (Fsp3) is 0.200. The van der Waals surface area contributed by atoms with Crippen LogP contribution in [0.25, 0.3) is 0 Å². The van der Waals surface area contributed by atoms with Gasteiger partial charge in [-0.1, -0.05) is 35.3 Å². The van der Waals surface area contributed by atoms with Gasteiger partial charge in [0.05, 0.1) is 6.10 Å². The van der Waals surface area contributed by atoms with Crippen LogP contribution >= 0.6 is 23.2 Å². The van der Waals surface area contributed by atoms with Gasteiger partial charge in [-0.25, -0.2) is 0 Å². The largest absolute Gasteiger partial charge is 0.489 e. The molecule has 0 saturated carbocycles. The minimum Gasteiger partial charge on any atom is -0.489 e. The first-order valence-electron chi connectivity index (χ1n) is 5.91. The van der Waals surface area contributed by atoms with Gasteiger partial charge in [0.25, 0.3) is 0 Å². The molecule has 0 aliphatic rings. The van der Waals surface area contributed by atoms with E-state index in [9.17, 15) is 5.11 Å². The summed E-state index contributed by atoms with van der Waals surface area (Å²) in [7, 11) is 0. The Morgan fingerprint density at radius 1 is 1.11 bits per heavy atom. The number of aliphatic hydroxyl groups excluding tert-OH is 1. The van der Waals surface area contributed by atoms with E-state index in [1.54, 1.807) is 25.1 Å². The molecule has 0 saturated heterocycles. The summed E-state index contributed by atoms with van der Waals surface area (Å²) in [6.45, 7) is 2.08. The van der Waals surface area contributed by atoms with E-state index in [-0.39, 0.29) is 0 Å². The molecule has 2 rings (SSSR count). The van der Waals surface area contributed by atoms with Gasteiger partial charge in [-0.2, -0.15) is 0 Å². The fourth-order valence-electron chi connectivity index (χ4n) is 1.66. The number of hydrogen-bond donors (Lipinski definition) is 1. The van der Waals surface area contributed by atoms with Gasteiger partial charge in [-0.05, 0) is 42.8 Å². The lowest BCUT2D eigenvalue weighted by atomic mass is 10.1. The van der Waals surface area contributed by atoms with E-state index in [1.807, 2.05) is 24.3 Å². The minimum absolute atomic E-state index is 0.355. The van der Waals surface area contributed by atoms with Crippen molar-refractivity contribution in [1.29, 1.82) is 0 Å². The van der Waals surface area contributed by atoms with Crippen molar-refractivity contribution in [2.45, 2.75) is 19.6 Å². The molecule has 4 heteroatoms. The molecule has 0 aliphatic heterocycles. The fourth-order valence-corrected chi connectivity index (χ4v) is 2.02. The van der Waals surface area contributed by atoms with Gasteiger partial charge in [-0.15, -0.1) is 0 Å². The van der Waals surface area contributed by atoms with Crippen LogP contribution in [0.5, 0.6) is 5.75 Å². The van der Waals surface area contributed by atoms with Crippen LogP contribution in [0.4, 0.5) is 0 Å². The molecule has 19 heavy (non-hydrogen) atoms. The molecule has 1 atom stereocenters. The quantitative estimate of drug-likeness (QED) is 0.891. The Morgan fingerprint density at radius 3 is 2.42 bits per heavy atom. The van der Waals surface area contributed by atoms with Crippen molar-refractivity contribution in [2.24, 2.45) is 0 Å². The lowest BCUT2D eigenvalue weighted by Crippen LogP contribution is -1.97. The molecule has 0 spiro atoms. The predicted octanol–water partition coefficient (Wildman–Crippen LogP) is 4.63. The van der Waals surface area contributed by atoms with E-state index in [0.717, 1.165) is 16.9 Å². The predicted molar refractivity (Wildman–Crippen MR) is 77.9 cm³/mol. The number of aliphatic hydroxyl groups is 1. The van der Waals surface area contributed by atoms with Gasteiger partial charge in [-0.3, -0.25) is 0 Å². The minimum atomic E-state index is -0.476. The third kappa shape index (κ3) is 3.87. The van der Waals surface area contributed by atoms with Crippen molar-refractivity contribution >= 4 is 23.2 Å². The highest BCUT2D eigenvalue weighted by Gasteiger charge is 2.04. The molecule has 1 N–H and O–H groups in total. The summed E-state index contributed by atoms with van der Waals surface area (Å²) in [5.74, 6) is 0.723. The lowest BCUT2D eigenvalue weighted by molar-refractivity contribution is 0.199. The second-order valence-electron chi connectivity index (χ2n) is 4.27. The van der Waals surface area contributed by atoms with Gasteiger partial charge < -0.3 is 9.84 Å². The second kappa shape index (κ2) is 6.29. The molecule has 0 aliphatic carbocycles. The zero-order chi connectivity index (χ0) is 13.8. The average molecular weight is 297 g/mol. The zero-order valence-electron chi connectivity index (χ0n) is 10.4. The summed E-state index contributed by atoms with van der Waals surface area (Å²) in [4.78, 5) is 0. The van der Waals surface area contributed by atoms with Crippen molar-refractivity contribution in [1.82, 2.24) is 0 Å². The first-order chi connectivity index (χ1) is 9.06. The maximum Gasteiger partial charge on any atom is 0.119 e. The molecular formula is C15H14Cl2O2. The van der Waals surface area contributed by atoms with Crippen LogP contribution in [-0.4, -0.2) is 5.11 Å². The number of rotatable bonds is 4. The average Bonchev–Trinajstić information content (AvgIpc) is 2.40. The van der Waals surface area contributed by atoms with Crippen molar-refractivity contribution in [2.75, 3.05) is 0 Å². The molecular weight excluding hydrogens is 283 g/mol. The number of ether oxygens (including phenoxy) is 1. The monoisotopic (exact) mass is 296 g/mol. The number of benzene rings is 2. The van der Waals surface area contributed by atoms with Gasteiger partial charge in [0.1, 0.15) is 12.4 Å². The van der Waals surface area contributed by atoms with Crippen LogP contribution in [0.3, 0.4) is 0 Å². The number of halogens is 2. The van der Waals surface area contributed by atoms with Crippen LogP contribution in [0.1, 0.15) is 24.2 Å². The van der Waals surface area contributed by atoms with Crippen LogP contribution in [0.15, 0.2) is 42.5 Å². The lowest BCUT2D eigenvalue weighted by Gasteiger charge is -2.10. The standard InChI is InChI=1S/C15H14Cl2O2/c1-10(18)11-2-5-14(6-3-11)19-9-12-8-13(16)4-7-15(12)17/h2-8,10,18H,9H2,1H3. The van der Waals surface area contributed by atoms with E-state index in [1.165, 1.54) is 0 Å². The Balaban J connectivity index is 2.04. The molecule has 0 fully saturated rings. The zero-order valence-corrected chi connectivity index (χ0v) is 11.9. The van der Waals surface area contributed by atoms with Crippen molar-refractivity contribution in [3.8, 4) is 5.75 Å². The Labute approximate surface area is 122 Å². The summed E-state index contributed by atoms with van der Waals surface area (Å²) in [6, 6.07) is 12.6. The van der Waals surface area contributed by atoms with E-state index in [2.05, 4.69) is 0 Å². The van der Waals surface area contributed by atoms with Crippen molar-refractivity contribution in [3.63, 3.8) is 0 Å². The van der Waals surface area contributed by atoms with Crippen LogP contribution in [-0.2, 0) is 6.61 Å². The highest BCUT2D eigenvalue weighted by Crippen LogP contribution is 2.23. The second-order valence-corrected chi connectivity index (χ2v) is 5.11. The first kappa shape index (κ1) is 14.2. The summed E-state index contributed by atoms with van der Waals surface area (Å²) in [6.07, 6.45) is -0.476. The Kier molecular flexibility index (Phi) is 4.70. The topological polar surface area (TPSA) is 29.5 Å². The first-order valence-corrected chi connectivity index (χ1v) is 6.66. The number of hydrogen-bond acceptors (Lipinski definition) is 2. The van der Waals surface area contributed by atoms with Crippen LogP contribution in [0, 0.1) is 0 Å². The van der Waals surface area contributed by atoms with E-state index >= 15 is 0 Å². The highest BCUT2D eigenvalue weighted by molar-refractivity contribution is 6.33. The molecule has 0 aromatic heterocycles. The highest BCUT2D eigenvalue weighted by atomic mass is 35.5. The molecule has 2 aromatic rings. The normalized spacial score (nSPS) is 12.2. The summed E-state index contributed by atoms with van der Waals surface area (Å²) in [5, 5.41) is 10.7. The Bertz CT molecular complexity index is 551. The Morgan fingerprint density at radius 2 is 1.79 bits per heavy atom. The smallest absolute Gasteiger partial charge is 0.119 e. The molecule has 100 valence electrons. The van der Waals surface area contributed by atoms with Crippen LogP contribution < -0.4 is 4.74 Å². The molecule has 2 nitrogen and oxygen atoms in total.